The Morgan fingerprint density at radius 3 is 1.21 bits per heavy atom. The molecule has 0 fully saturated rings. The van der Waals surface area contributed by atoms with Crippen molar-refractivity contribution in [1.29, 1.82) is 0 Å². The number of hydrogen-bond acceptors (Lipinski definition) is 2. The molecule has 0 spiro atoms. The SMILES string of the molecule is Oc1ccccc1Cc1cccc(Cc2cccc(Cc3ccccc3O)c2)c1. The van der Waals surface area contributed by atoms with Crippen LogP contribution in [0.2, 0.25) is 0 Å². The van der Waals surface area contributed by atoms with Gasteiger partial charge in [0.1, 0.15) is 11.5 Å². The van der Waals surface area contributed by atoms with Crippen molar-refractivity contribution in [1.82, 2.24) is 0 Å². The van der Waals surface area contributed by atoms with Crippen LogP contribution in [0.25, 0.3) is 0 Å². The third kappa shape index (κ3) is 4.85. The molecule has 0 saturated heterocycles. The van der Waals surface area contributed by atoms with Gasteiger partial charge < -0.3 is 10.2 Å². The van der Waals surface area contributed by atoms with Crippen molar-refractivity contribution in [3.63, 3.8) is 0 Å². The predicted octanol–water partition coefficient (Wildman–Crippen LogP) is 5.87. The van der Waals surface area contributed by atoms with Crippen LogP contribution in [-0.2, 0) is 19.3 Å². The fourth-order valence-corrected chi connectivity index (χ4v) is 3.70. The summed E-state index contributed by atoms with van der Waals surface area (Å²) >= 11 is 0. The summed E-state index contributed by atoms with van der Waals surface area (Å²) in [6, 6.07) is 32.1. The fourth-order valence-electron chi connectivity index (χ4n) is 3.70. The number of phenolic OH excluding ortho intramolecular Hbond substituents is 2. The van der Waals surface area contributed by atoms with Gasteiger partial charge in [-0.3, -0.25) is 0 Å². The van der Waals surface area contributed by atoms with Gasteiger partial charge in [-0.05, 0) is 51.9 Å². The minimum absolute atomic E-state index is 0.342. The largest absolute Gasteiger partial charge is 0.508 e. The van der Waals surface area contributed by atoms with E-state index in [9.17, 15) is 10.2 Å². The van der Waals surface area contributed by atoms with Crippen LogP contribution in [0.4, 0.5) is 0 Å². The van der Waals surface area contributed by atoms with Crippen LogP contribution < -0.4 is 0 Å². The van der Waals surface area contributed by atoms with E-state index in [4.69, 9.17) is 0 Å². The molecule has 0 aliphatic heterocycles. The Hall–Kier alpha value is -3.52. The van der Waals surface area contributed by atoms with Crippen molar-refractivity contribution < 1.29 is 10.2 Å². The molecule has 4 aromatic carbocycles. The second kappa shape index (κ2) is 8.66. The maximum atomic E-state index is 10.0. The second-order valence-corrected chi connectivity index (χ2v) is 7.43. The van der Waals surface area contributed by atoms with Gasteiger partial charge in [0.2, 0.25) is 0 Å². The molecule has 0 bridgehead atoms. The van der Waals surface area contributed by atoms with Crippen LogP contribution in [-0.4, -0.2) is 10.2 Å². The molecule has 29 heavy (non-hydrogen) atoms. The quantitative estimate of drug-likeness (QED) is 0.439. The molecular weight excluding hydrogens is 356 g/mol. The highest BCUT2D eigenvalue weighted by molar-refractivity contribution is 5.40. The molecule has 2 heteroatoms. The zero-order valence-corrected chi connectivity index (χ0v) is 16.3. The number of rotatable bonds is 6. The van der Waals surface area contributed by atoms with Crippen molar-refractivity contribution >= 4 is 0 Å². The smallest absolute Gasteiger partial charge is 0.119 e. The van der Waals surface area contributed by atoms with Gasteiger partial charge in [0, 0.05) is 12.8 Å². The van der Waals surface area contributed by atoms with E-state index in [0.717, 1.165) is 17.5 Å². The third-order valence-corrected chi connectivity index (χ3v) is 5.16. The van der Waals surface area contributed by atoms with E-state index < -0.39 is 0 Å². The summed E-state index contributed by atoms with van der Waals surface area (Å²) in [5.41, 5.74) is 6.75. The lowest BCUT2D eigenvalue weighted by molar-refractivity contribution is 0.469. The average molecular weight is 380 g/mol. The maximum Gasteiger partial charge on any atom is 0.119 e. The highest BCUT2D eigenvalue weighted by atomic mass is 16.3. The molecule has 0 radical (unpaired) electrons. The summed E-state index contributed by atoms with van der Waals surface area (Å²) in [5.74, 6) is 0.685. The van der Waals surface area contributed by atoms with Crippen molar-refractivity contribution in [3.8, 4) is 11.5 Å². The summed E-state index contributed by atoms with van der Waals surface area (Å²) < 4.78 is 0. The minimum atomic E-state index is 0.342. The second-order valence-electron chi connectivity index (χ2n) is 7.43. The zero-order chi connectivity index (χ0) is 20.1. The predicted molar refractivity (Wildman–Crippen MR) is 118 cm³/mol. The van der Waals surface area contributed by atoms with Gasteiger partial charge in [-0.1, -0.05) is 84.9 Å². The molecule has 144 valence electrons. The molecule has 0 aliphatic carbocycles. The van der Waals surface area contributed by atoms with Gasteiger partial charge >= 0.3 is 0 Å². The molecule has 0 aliphatic rings. The van der Waals surface area contributed by atoms with Crippen LogP contribution in [0.3, 0.4) is 0 Å². The van der Waals surface area contributed by atoms with Crippen LogP contribution >= 0.6 is 0 Å². The van der Waals surface area contributed by atoms with Gasteiger partial charge in [0.05, 0.1) is 0 Å². The summed E-state index contributed by atoms with van der Waals surface area (Å²) in [5, 5.41) is 20.1. The van der Waals surface area contributed by atoms with E-state index in [1.807, 2.05) is 36.4 Å². The van der Waals surface area contributed by atoms with Crippen molar-refractivity contribution in [2.45, 2.75) is 19.3 Å². The molecule has 0 saturated carbocycles. The van der Waals surface area contributed by atoms with Crippen molar-refractivity contribution in [3.05, 3.63) is 130 Å². The van der Waals surface area contributed by atoms with Crippen LogP contribution in [0.1, 0.15) is 33.4 Å². The first-order chi connectivity index (χ1) is 14.2. The molecule has 0 heterocycles. The topological polar surface area (TPSA) is 40.5 Å². The van der Waals surface area contributed by atoms with Gasteiger partial charge in [0.15, 0.2) is 0 Å². The molecule has 4 aromatic rings. The standard InChI is InChI=1S/C27H24O2/c28-26-13-3-1-11-24(26)18-22-9-5-7-20(16-22)15-21-8-6-10-23(17-21)19-25-12-2-4-14-27(25)29/h1-14,16-17,28-29H,15,18-19H2. The highest BCUT2D eigenvalue weighted by Crippen LogP contribution is 2.23. The zero-order valence-electron chi connectivity index (χ0n) is 16.3. The van der Waals surface area contributed by atoms with E-state index in [1.54, 1.807) is 12.1 Å². The molecule has 2 N–H and O–H groups in total. The highest BCUT2D eigenvalue weighted by Gasteiger charge is 2.05. The maximum absolute atomic E-state index is 10.0. The van der Waals surface area contributed by atoms with Crippen molar-refractivity contribution in [2.75, 3.05) is 0 Å². The molecular formula is C27H24O2. The normalized spacial score (nSPS) is 10.8. The van der Waals surface area contributed by atoms with E-state index in [-0.39, 0.29) is 0 Å². The summed E-state index contributed by atoms with van der Waals surface area (Å²) in [6.45, 7) is 0. The van der Waals surface area contributed by atoms with Crippen LogP contribution in [0, 0.1) is 0 Å². The summed E-state index contributed by atoms with van der Waals surface area (Å²) in [7, 11) is 0. The first-order valence-electron chi connectivity index (χ1n) is 9.87. The van der Waals surface area contributed by atoms with E-state index >= 15 is 0 Å². The third-order valence-electron chi connectivity index (χ3n) is 5.16. The van der Waals surface area contributed by atoms with Crippen LogP contribution in [0.5, 0.6) is 11.5 Å². The fraction of sp³-hybridized carbons (Fsp3) is 0.111. The Kier molecular flexibility index (Phi) is 5.62. The van der Waals surface area contributed by atoms with Gasteiger partial charge in [-0.25, -0.2) is 0 Å². The molecule has 2 nitrogen and oxygen atoms in total. The van der Waals surface area contributed by atoms with Gasteiger partial charge in [0.25, 0.3) is 0 Å². The lowest BCUT2D eigenvalue weighted by atomic mass is 9.97. The van der Waals surface area contributed by atoms with Crippen molar-refractivity contribution in [2.24, 2.45) is 0 Å². The molecule has 0 aromatic heterocycles. The van der Waals surface area contributed by atoms with E-state index in [1.165, 1.54) is 22.3 Å². The average Bonchev–Trinajstić information content (AvgIpc) is 2.72. The van der Waals surface area contributed by atoms with Gasteiger partial charge in [-0.15, -0.1) is 0 Å². The Balaban J connectivity index is 1.50. The van der Waals surface area contributed by atoms with Gasteiger partial charge in [-0.2, -0.15) is 0 Å². The Morgan fingerprint density at radius 2 is 0.793 bits per heavy atom. The Morgan fingerprint density at radius 1 is 0.414 bits per heavy atom. The monoisotopic (exact) mass is 380 g/mol. The van der Waals surface area contributed by atoms with E-state index in [0.29, 0.717) is 24.3 Å². The summed E-state index contributed by atoms with van der Waals surface area (Å²) in [6.07, 6.45) is 2.28. The first kappa shape index (κ1) is 18.8. The molecule has 0 unspecified atom stereocenters. The summed E-state index contributed by atoms with van der Waals surface area (Å²) in [4.78, 5) is 0. The first-order valence-corrected chi connectivity index (χ1v) is 9.87. The number of benzene rings is 4. The number of phenols is 2. The molecule has 0 amide bonds. The number of aromatic hydroxyl groups is 2. The lowest BCUT2D eigenvalue weighted by Crippen LogP contribution is -1.95. The molecule has 0 atom stereocenters. The Labute approximate surface area is 171 Å². The number of para-hydroxylation sites is 2. The van der Waals surface area contributed by atoms with Crippen LogP contribution in [0.15, 0.2) is 97.1 Å². The van der Waals surface area contributed by atoms with E-state index in [2.05, 4.69) is 48.5 Å². The number of hydrogen-bond donors (Lipinski definition) is 2. The Bertz CT molecular complexity index is 1030. The minimum Gasteiger partial charge on any atom is -0.508 e. The lowest BCUT2D eigenvalue weighted by Gasteiger charge is -2.09. The molecule has 4 rings (SSSR count).